The lowest BCUT2D eigenvalue weighted by Gasteiger charge is -2.31. The Morgan fingerprint density at radius 3 is 2.67 bits per heavy atom. The third kappa shape index (κ3) is 2.91. The molecule has 2 N–H and O–H groups in total. The molecule has 4 heteroatoms. The van der Waals surface area contributed by atoms with E-state index in [9.17, 15) is 5.11 Å². The number of hydrogen-bond donors (Lipinski definition) is 2. The summed E-state index contributed by atoms with van der Waals surface area (Å²) in [6.07, 6.45) is 2.14. The van der Waals surface area contributed by atoms with Crippen LogP contribution in [0.25, 0.3) is 0 Å². The van der Waals surface area contributed by atoms with Crippen LogP contribution >= 0.6 is 0 Å². The molecule has 0 bridgehead atoms. The molecule has 2 heterocycles. The van der Waals surface area contributed by atoms with E-state index in [1.807, 2.05) is 0 Å². The molecule has 4 nitrogen and oxygen atoms in total. The molecular weight excluding hydrogens is 192 g/mol. The van der Waals surface area contributed by atoms with Gasteiger partial charge in [0.05, 0.1) is 6.10 Å². The maximum Gasteiger partial charge on any atom is 0.0831 e. The molecule has 2 unspecified atom stereocenters. The van der Waals surface area contributed by atoms with E-state index in [0.29, 0.717) is 6.04 Å². The van der Waals surface area contributed by atoms with Gasteiger partial charge in [-0.2, -0.15) is 0 Å². The molecule has 0 amide bonds. The first kappa shape index (κ1) is 11.3. The summed E-state index contributed by atoms with van der Waals surface area (Å²) in [5.74, 6) is 0.747. The first-order valence-corrected chi connectivity index (χ1v) is 5.94. The third-order valence-electron chi connectivity index (χ3n) is 3.60. The number of rotatable bonds is 3. The zero-order valence-electron chi connectivity index (χ0n) is 9.48. The van der Waals surface area contributed by atoms with Gasteiger partial charge in [-0.05, 0) is 25.8 Å². The molecule has 2 atom stereocenters. The van der Waals surface area contributed by atoms with Crippen molar-refractivity contribution >= 4 is 0 Å². The van der Waals surface area contributed by atoms with E-state index in [0.717, 1.165) is 38.8 Å². The van der Waals surface area contributed by atoms with E-state index >= 15 is 0 Å². The zero-order valence-corrected chi connectivity index (χ0v) is 9.48. The average molecular weight is 214 g/mol. The molecule has 0 aliphatic carbocycles. The fourth-order valence-corrected chi connectivity index (χ4v) is 2.57. The van der Waals surface area contributed by atoms with Gasteiger partial charge in [0.1, 0.15) is 0 Å². The Morgan fingerprint density at radius 2 is 2.07 bits per heavy atom. The van der Waals surface area contributed by atoms with Crippen molar-refractivity contribution in [3.63, 3.8) is 0 Å². The van der Waals surface area contributed by atoms with Crippen molar-refractivity contribution in [2.75, 3.05) is 39.9 Å². The third-order valence-corrected chi connectivity index (χ3v) is 3.60. The largest absolute Gasteiger partial charge is 0.390 e. The van der Waals surface area contributed by atoms with Gasteiger partial charge < -0.3 is 15.2 Å². The Kier molecular flexibility index (Phi) is 3.97. The predicted octanol–water partition coefficient (Wildman–Crippen LogP) is -0.322. The molecule has 0 saturated carbocycles. The van der Waals surface area contributed by atoms with Gasteiger partial charge in [0, 0.05) is 38.9 Å². The molecular formula is C11H22N2O2. The molecule has 2 rings (SSSR count). The number of ether oxygens (including phenoxy) is 1. The molecule has 0 aromatic heterocycles. The maximum atomic E-state index is 9.76. The van der Waals surface area contributed by atoms with Crippen molar-refractivity contribution in [2.24, 2.45) is 5.92 Å². The van der Waals surface area contributed by atoms with E-state index in [1.54, 1.807) is 0 Å². The van der Waals surface area contributed by atoms with Crippen LogP contribution in [-0.4, -0.2) is 62.0 Å². The maximum absolute atomic E-state index is 9.76. The molecule has 15 heavy (non-hydrogen) atoms. The van der Waals surface area contributed by atoms with Gasteiger partial charge in [0.25, 0.3) is 0 Å². The van der Waals surface area contributed by atoms with Crippen LogP contribution in [0, 0.1) is 5.92 Å². The van der Waals surface area contributed by atoms with Crippen LogP contribution in [0.5, 0.6) is 0 Å². The number of nitrogens with zero attached hydrogens (tertiary/aromatic N) is 1. The van der Waals surface area contributed by atoms with Crippen molar-refractivity contribution in [2.45, 2.75) is 25.0 Å². The van der Waals surface area contributed by atoms with Crippen molar-refractivity contribution in [1.82, 2.24) is 10.2 Å². The predicted molar refractivity (Wildman–Crippen MR) is 58.8 cm³/mol. The second-order valence-corrected chi connectivity index (χ2v) is 4.79. The number of aliphatic hydroxyl groups is 1. The summed E-state index contributed by atoms with van der Waals surface area (Å²) in [5.41, 5.74) is 0. The Morgan fingerprint density at radius 1 is 1.33 bits per heavy atom. The molecule has 0 spiro atoms. The second kappa shape index (κ2) is 5.25. The summed E-state index contributed by atoms with van der Waals surface area (Å²) in [5, 5.41) is 13.0. The van der Waals surface area contributed by atoms with Crippen molar-refractivity contribution in [3.8, 4) is 0 Å². The van der Waals surface area contributed by atoms with Gasteiger partial charge in [-0.1, -0.05) is 0 Å². The number of likely N-dealkylation sites (N-methyl/N-ethyl adjacent to an activating group) is 1. The van der Waals surface area contributed by atoms with E-state index < -0.39 is 0 Å². The Balaban J connectivity index is 1.77. The van der Waals surface area contributed by atoms with Gasteiger partial charge in [-0.3, -0.25) is 4.90 Å². The molecule has 2 fully saturated rings. The molecule has 2 saturated heterocycles. The Bertz CT molecular complexity index is 195. The molecule has 0 aromatic carbocycles. The normalized spacial score (nSPS) is 33.8. The molecule has 2 aliphatic heterocycles. The van der Waals surface area contributed by atoms with Gasteiger partial charge in [-0.25, -0.2) is 0 Å². The van der Waals surface area contributed by atoms with Gasteiger partial charge in [-0.15, -0.1) is 0 Å². The van der Waals surface area contributed by atoms with E-state index in [2.05, 4.69) is 17.3 Å². The summed E-state index contributed by atoms with van der Waals surface area (Å²) >= 11 is 0. The SMILES string of the molecule is CN(CC1CCOCC1)C1CNCC1O. The summed E-state index contributed by atoms with van der Waals surface area (Å²) in [6, 6.07) is 0.299. The van der Waals surface area contributed by atoms with Crippen molar-refractivity contribution in [1.29, 1.82) is 0 Å². The average Bonchev–Trinajstić information content (AvgIpc) is 2.66. The fourth-order valence-electron chi connectivity index (χ4n) is 2.57. The number of nitrogens with one attached hydrogen (secondary N) is 1. The van der Waals surface area contributed by atoms with E-state index in [1.165, 1.54) is 12.8 Å². The van der Waals surface area contributed by atoms with Crippen LogP contribution < -0.4 is 5.32 Å². The van der Waals surface area contributed by atoms with Crippen LogP contribution in [0.4, 0.5) is 0 Å². The number of β-amino-alcohol motifs (C(OH)–C–C–N with tert-alkyl or cyclic N) is 1. The summed E-state index contributed by atoms with van der Waals surface area (Å²) in [4.78, 5) is 2.31. The minimum atomic E-state index is -0.199. The summed E-state index contributed by atoms with van der Waals surface area (Å²) < 4.78 is 5.35. The van der Waals surface area contributed by atoms with Gasteiger partial charge >= 0.3 is 0 Å². The standard InChI is InChI=1S/C11H22N2O2/c1-13(10-6-12-7-11(10)14)8-9-2-4-15-5-3-9/h9-12,14H,2-8H2,1H3. The molecule has 88 valence electrons. The van der Waals surface area contributed by atoms with Crippen LogP contribution in [0.15, 0.2) is 0 Å². The number of aliphatic hydroxyl groups excluding tert-OH is 1. The lowest BCUT2D eigenvalue weighted by atomic mass is 9.99. The first-order valence-electron chi connectivity index (χ1n) is 5.94. The summed E-state index contributed by atoms with van der Waals surface area (Å²) in [6.45, 7) is 4.56. The van der Waals surface area contributed by atoms with E-state index in [-0.39, 0.29) is 6.10 Å². The molecule has 0 aromatic rings. The minimum Gasteiger partial charge on any atom is -0.390 e. The van der Waals surface area contributed by atoms with Crippen LogP contribution in [-0.2, 0) is 4.74 Å². The van der Waals surface area contributed by atoms with Crippen LogP contribution in [0.2, 0.25) is 0 Å². The highest BCUT2D eigenvalue weighted by atomic mass is 16.5. The van der Waals surface area contributed by atoms with Crippen molar-refractivity contribution < 1.29 is 9.84 Å². The topological polar surface area (TPSA) is 44.7 Å². The Hall–Kier alpha value is -0.160. The lowest BCUT2D eigenvalue weighted by Crippen LogP contribution is -2.43. The fraction of sp³-hybridized carbons (Fsp3) is 1.00. The monoisotopic (exact) mass is 214 g/mol. The van der Waals surface area contributed by atoms with Crippen LogP contribution in [0.1, 0.15) is 12.8 Å². The van der Waals surface area contributed by atoms with Gasteiger partial charge in [0.2, 0.25) is 0 Å². The molecule has 2 aliphatic rings. The smallest absolute Gasteiger partial charge is 0.0831 e. The van der Waals surface area contributed by atoms with E-state index in [4.69, 9.17) is 4.74 Å². The minimum absolute atomic E-state index is 0.199. The summed E-state index contributed by atoms with van der Waals surface area (Å²) in [7, 11) is 2.12. The molecule has 0 radical (unpaired) electrons. The number of hydrogen-bond acceptors (Lipinski definition) is 4. The zero-order chi connectivity index (χ0) is 10.7. The quantitative estimate of drug-likeness (QED) is 0.676. The Labute approximate surface area is 91.6 Å². The van der Waals surface area contributed by atoms with Crippen molar-refractivity contribution in [3.05, 3.63) is 0 Å². The highest BCUT2D eigenvalue weighted by molar-refractivity contribution is 4.88. The highest BCUT2D eigenvalue weighted by Gasteiger charge is 2.29. The van der Waals surface area contributed by atoms with Gasteiger partial charge in [0.15, 0.2) is 0 Å². The second-order valence-electron chi connectivity index (χ2n) is 4.79. The highest BCUT2D eigenvalue weighted by Crippen LogP contribution is 2.18. The first-order chi connectivity index (χ1) is 7.27. The van der Waals surface area contributed by atoms with Crippen LogP contribution in [0.3, 0.4) is 0 Å². The lowest BCUT2D eigenvalue weighted by molar-refractivity contribution is 0.0381.